The van der Waals surface area contributed by atoms with Gasteiger partial charge in [-0.05, 0) is 36.2 Å². The molecule has 0 aliphatic heterocycles. The molecule has 0 saturated carbocycles. The molecule has 0 heterocycles. The molecule has 0 spiro atoms. The van der Waals surface area contributed by atoms with Gasteiger partial charge in [-0.1, -0.05) is 30.3 Å². The molecule has 0 aromatic heterocycles. The summed E-state index contributed by atoms with van der Waals surface area (Å²) in [4.78, 5) is 23.2. The van der Waals surface area contributed by atoms with Crippen molar-refractivity contribution < 1.29 is 24.2 Å². The summed E-state index contributed by atoms with van der Waals surface area (Å²) in [6.07, 6.45) is 0.643. The highest BCUT2D eigenvalue weighted by Gasteiger charge is 2.17. The van der Waals surface area contributed by atoms with Gasteiger partial charge in [-0.2, -0.15) is 0 Å². The Morgan fingerprint density at radius 1 is 1.04 bits per heavy atom. The Morgan fingerprint density at radius 2 is 1.69 bits per heavy atom. The van der Waals surface area contributed by atoms with Gasteiger partial charge in [0.2, 0.25) is 5.91 Å². The normalized spacial score (nSPS) is 11.4. The van der Waals surface area contributed by atoms with Gasteiger partial charge in [-0.15, -0.1) is 0 Å². The number of nitrogens with one attached hydrogen (secondary N) is 1. The molecule has 2 N–H and O–H groups in total. The summed E-state index contributed by atoms with van der Waals surface area (Å²) in [7, 11) is 1.60. The van der Waals surface area contributed by atoms with Crippen LogP contribution in [-0.4, -0.2) is 30.7 Å². The van der Waals surface area contributed by atoms with Crippen LogP contribution in [0.5, 0.6) is 11.5 Å². The number of carbonyl (C=O) groups excluding carboxylic acids is 1. The van der Waals surface area contributed by atoms with Crippen LogP contribution in [-0.2, 0) is 9.59 Å². The van der Waals surface area contributed by atoms with Gasteiger partial charge < -0.3 is 19.9 Å². The minimum absolute atomic E-state index is 0.155. The van der Waals surface area contributed by atoms with Crippen LogP contribution < -0.4 is 14.8 Å². The highest BCUT2D eigenvalue weighted by Crippen LogP contribution is 2.18. The van der Waals surface area contributed by atoms with Gasteiger partial charge in [0.05, 0.1) is 26.2 Å². The Morgan fingerprint density at radius 3 is 2.31 bits per heavy atom. The molecule has 138 valence electrons. The lowest BCUT2D eigenvalue weighted by Gasteiger charge is -2.17. The minimum atomic E-state index is -0.956. The predicted molar refractivity (Wildman–Crippen MR) is 97.3 cm³/mol. The molecule has 0 fully saturated rings. The quantitative estimate of drug-likeness (QED) is 0.638. The van der Waals surface area contributed by atoms with Crippen LogP contribution in [0.4, 0.5) is 0 Å². The first-order chi connectivity index (χ1) is 12.6. The molecule has 0 bridgehead atoms. The van der Waals surface area contributed by atoms with E-state index in [1.807, 2.05) is 18.2 Å². The van der Waals surface area contributed by atoms with Crippen molar-refractivity contribution in [1.82, 2.24) is 5.32 Å². The Hall–Kier alpha value is -3.02. The van der Waals surface area contributed by atoms with E-state index in [1.165, 1.54) is 0 Å². The van der Waals surface area contributed by atoms with Crippen molar-refractivity contribution in [3.05, 3.63) is 60.2 Å². The fourth-order valence-corrected chi connectivity index (χ4v) is 2.47. The lowest BCUT2D eigenvalue weighted by atomic mass is 10.0. The molecule has 0 saturated heterocycles. The third kappa shape index (κ3) is 6.47. The van der Waals surface area contributed by atoms with E-state index < -0.39 is 12.0 Å². The van der Waals surface area contributed by atoms with Gasteiger partial charge in [-0.25, -0.2) is 0 Å². The molecular weight excluding hydrogens is 334 g/mol. The van der Waals surface area contributed by atoms with E-state index in [9.17, 15) is 9.59 Å². The molecule has 0 aliphatic rings. The Kier molecular flexibility index (Phi) is 7.49. The smallest absolute Gasteiger partial charge is 0.305 e. The van der Waals surface area contributed by atoms with Crippen molar-refractivity contribution in [2.45, 2.75) is 25.3 Å². The Labute approximate surface area is 152 Å². The van der Waals surface area contributed by atoms with Crippen molar-refractivity contribution in [3.63, 3.8) is 0 Å². The van der Waals surface area contributed by atoms with Crippen molar-refractivity contribution in [1.29, 1.82) is 0 Å². The summed E-state index contributed by atoms with van der Waals surface area (Å²) in [5, 5.41) is 11.8. The SMILES string of the molecule is COc1ccc(OCCCC(=O)NC(CC(=O)O)c2ccccc2)cc1. The average Bonchev–Trinajstić information content (AvgIpc) is 2.65. The molecule has 0 aliphatic carbocycles. The summed E-state index contributed by atoms with van der Waals surface area (Å²) in [5.74, 6) is 0.307. The first-order valence-corrected chi connectivity index (χ1v) is 8.41. The van der Waals surface area contributed by atoms with Crippen molar-refractivity contribution in [2.75, 3.05) is 13.7 Å². The molecule has 6 nitrogen and oxygen atoms in total. The van der Waals surface area contributed by atoms with Crippen LogP contribution in [0, 0.1) is 0 Å². The number of hydrogen-bond acceptors (Lipinski definition) is 4. The summed E-state index contributed by atoms with van der Waals surface area (Å²) in [6, 6.07) is 15.8. The van der Waals surface area contributed by atoms with Gasteiger partial charge in [0.15, 0.2) is 0 Å². The maximum atomic E-state index is 12.1. The third-order valence-electron chi connectivity index (χ3n) is 3.79. The van der Waals surface area contributed by atoms with E-state index >= 15 is 0 Å². The Balaban J connectivity index is 1.77. The molecular formula is C20H23NO5. The number of amides is 1. The molecule has 6 heteroatoms. The van der Waals surface area contributed by atoms with E-state index in [0.29, 0.717) is 18.8 Å². The number of methoxy groups -OCH3 is 1. The van der Waals surface area contributed by atoms with Crippen LogP contribution >= 0.6 is 0 Å². The summed E-state index contributed by atoms with van der Waals surface area (Å²) in [5.41, 5.74) is 0.776. The van der Waals surface area contributed by atoms with Crippen LogP contribution in [0.3, 0.4) is 0 Å². The maximum Gasteiger partial charge on any atom is 0.305 e. The number of ether oxygens (including phenoxy) is 2. The van der Waals surface area contributed by atoms with Gasteiger partial charge in [-0.3, -0.25) is 9.59 Å². The van der Waals surface area contributed by atoms with Gasteiger partial charge in [0.25, 0.3) is 0 Å². The van der Waals surface area contributed by atoms with E-state index in [0.717, 1.165) is 11.3 Å². The standard InChI is InChI=1S/C20H23NO5/c1-25-16-9-11-17(12-10-16)26-13-5-8-19(22)21-18(14-20(23)24)15-6-3-2-4-7-15/h2-4,6-7,9-12,18H,5,8,13-14H2,1H3,(H,21,22)(H,23,24). The lowest BCUT2D eigenvalue weighted by molar-refractivity contribution is -0.137. The highest BCUT2D eigenvalue weighted by atomic mass is 16.5. The average molecular weight is 357 g/mol. The number of carboxylic acids is 1. The van der Waals surface area contributed by atoms with Crippen molar-refractivity contribution in [2.24, 2.45) is 0 Å². The number of carboxylic acid groups (broad SMARTS) is 1. The second-order valence-corrected chi connectivity index (χ2v) is 5.76. The molecule has 2 aromatic rings. The van der Waals surface area contributed by atoms with Gasteiger partial charge >= 0.3 is 5.97 Å². The van der Waals surface area contributed by atoms with Crippen LogP contribution in [0.1, 0.15) is 30.9 Å². The van der Waals surface area contributed by atoms with E-state index in [1.54, 1.807) is 43.5 Å². The second-order valence-electron chi connectivity index (χ2n) is 5.76. The fourth-order valence-electron chi connectivity index (χ4n) is 2.47. The second kappa shape index (κ2) is 10.1. The molecule has 1 amide bonds. The van der Waals surface area contributed by atoms with E-state index in [4.69, 9.17) is 14.6 Å². The number of benzene rings is 2. The lowest BCUT2D eigenvalue weighted by Crippen LogP contribution is -2.30. The summed E-state index contributed by atoms with van der Waals surface area (Å²) in [6.45, 7) is 0.398. The van der Waals surface area contributed by atoms with Crippen LogP contribution in [0.2, 0.25) is 0 Å². The maximum absolute atomic E-state index is 12.1. The number of rotatable bonds is 10. The highest BCUT2D eigenvalue weighted by molar-refractivity contribution is 5.77. The Bertz CT molecular complexity index is 700. The molecule has 2 aromatic carbocycles. The third-order valence-corrected chi connectivity index (χ3v) is 3.79. The largest absolute Gasteiger partial charge is 0.497 e. The zero-order valence-corrected chi connectivity index (χ0v) is 14.7. The zero-order valence-electron chi connectivity index (χ0n) is 14.7. The minimum Gasteiger partial charge on any atom is -0.497 e. The number of hydrogen-bond donors (Lipinski definition) is 2. The van der Waals surface area contributed by atoms with Crippen LogP contribution in [0.15, 0.2) is 54.6 Å². The molecule has 1 atom stereocenters. The number of aliphatic carboxylic acids is 1. The molecule has 1 unspecified atom stereocenters. The van der Waals surface area contributed by atoms with E-state index in [2.05, 4.69) is 5.32 Å². The molecule has 26 heavy (non-hydrogen) atoms. The van der Waals surface area contributed by atoms with E-state index in [-0.39, 0.29) is 18.7 Å². The van der Waals surface area contributed by atoms with Crippen molar-refractivity contribution >= 4 is 11.9 Å². The van der Waals surface area contributed by atoms with Gasteiger partial charge in [0, 0.05) is 6.42 Å². The first kappa shape index (κ1) is 19.3. The number of carbonyl (C=O) groups is 2. The van der Waals surface area contributed by atoms with Crippen molar-refractivity contribution in [3.8, 4) is 11.5 Å². The first-order valence-electron chi connectivity index (χ1n) is 8.41. The molecule has 0 radical (unpaired) electrons. The fraction of sp³-hybridized carbons (Fsp3) is 0.300. The predicted octanol–water partition coefficient (Wildman–Crippen LogP) is 3.19. The topological polar surface area (TPSA) is 84.9 Å². The van der Waals surface area contributed by atoms with Crippen LogP contribution in [0.25, 0.3) is 0 Å². The zero-order chi connectivity index (χ0) is 18.8. The molecule has 2 rings (SSSR count). The van der Waals surface area contributed by atoms with Gasteiger partial charge in [0.1, 0.15) is 11.5 Å². The summed E-state index contributed by atoms with van der Waals surface area (Å²) >= 11 is 0. The summed E-state index contributed by atoms with van der Waals surface area (Å²) < 4.78 is 10.7. The monoisotopic (exact) mass is 357 g/mol.